The quantitative estimate of drug-likeness (QED) is 0.665. The molecule has 2 N–H and O–H groups in total. The van der Waals surface area contributed by atoms with Crippen molar-refractivity contribution in [3.63, 3.8) is 0 Å². The van der Waals surface area contributed by atoms with Gasteiger partial charge in [0.2, 0.25) is 0 Å². The summed E-state index contributed by atoms with van der Waals surface area (Å²) in [4.78, 5) is 13.5. The molecule has 3 aromatic rings. The van der Waals surface area contributed by atoms with Crippen LogP contribution in [0.25, 0.3) is 0 Å². The number of quaternary nitrogens is 1. The number of carbonyl (C=O) groups excluding carboxylic acids is 1. The summed E-state index contributed by atoms with van der Waals surface area (Å²) in [6.45, 7) is 0.489. The van der Waals surface area contributed by atoms with Crippen LogP contribution in [0.2, 0.25) is 0 Å². The van der Waals surface area contributed by atoms with Crippen LogP contribution in [-0.4, -0.2) is 19.5 Å². The second-order valence-corrected chi connectivity index (χ2v) is 6.65. The molecule has 1 unspecified atom stereocenters. The molecular weight excluding hydrogens is 339 g/mol. The Balaban J connectivity index is 1.70. The number of nitrogens with one attached hydrogen (secondary N) is 2. The lowest BCUT2D eigenvalue weighted by Gasteiger charge is -2.25. The van der Waals surface area contributed by atoms with Crippen LogP contribution in [0.3, 0.4) is 0 Å². The van der Waals surface area contributed by atoms with Crippen molar-refractivity contribution in [2.24, 2.45) is 0 Å². The number of likely N-dealkylation sites (N-methyl/N-ethyl adjacent to an activating group) is 1. The van der Waals surface area contributed by atoms with Gasteiger partial charge in [-0.25, -0.2) is 4.39 Å². The average Bonchev–Trinajstić information content (AvgIpc) is 2.69. The summed E-state index contributed by atoms with van der Waals surface area (Å²) < 4.78 is 13.7. The molecule has 0 aliphatic carbocycles. The van der Waals surface area contributed by atoms with E-state index in [0.717, 1.165) is 16.0 Å². The van der Waals surface area contributed by atoms with Crippen LogP contribution in [0.1, 0.15) is 22.7 Å². The van der Waals surface area contributed by atoms with Crippen molar-refractivity contribution in [3.05, 3.63) is 107 Å². The Morgan fingerprint density at radius 3 is 1.96 bits per heavy atom. The number of carbonyl (C=O) groups is 1. The van der Waals surface area contributed by atoms with Crippen molar-refractivity contribution in [2.45, 2.75) is 12.6 Å². The molecule has 0 aromatic heterocycles. The van der Waals surface area contributed by atoms with Gasteiger partial charge in [0.05, 0.1) is 7.05 Å². The van der Waals surface area contributed by atoms with Gasteiger partial charge in [-0.1, -0.05) is 78.9 Å². The summed E-state index contributed by atoms with van der Waals surface area (Å²) >= 11 is 0. The minimum absolute atomic E-state index is 0.0478. The zero-order chi connectivity index (χ0) is 19.1. The molecule has 0 spiro atoms. The van der Waals surface area contributed by atoms with Gasteiger partial charge in [0.15, 0.2) is 6.54 Å². The van der Waals surface area contributed by atoms with Gasteiger partial charge in [-0.05, 0) is 6.07 Å². The Kier molecular flexibility index (Phi) is 6.34. The van der Waals surface area contributed by atoms with Crippen molar-refractivity contribution >= 4 is 5.91 Å². The zero-order valence-corrected chi connectivity index (χ0v) is 15.4. The Hall–Kier alpha value is -2.98. The molecule has 3 rings (SSSR count). The molecule has 138 valence electrons. The fourth-order valence-corrected chi connectivity index (χ4v) is 3.31. The third-order valence-corrected chi connectivity index (χ3v) is 4.63. The predicted octanol–water partition coefficient (Wildman–Crippen LogP) is 2.75. The average molecular weight is 363 g/mol. The lowest BCUT2D eigenvalue weighted by molar-refractivity contribution is -0.898. The van der Waals surface area contributed by atoms with Crippen molar-refractivity contribution in [3.8, 4) is 0 Å². The highest BCUT2D eigenvalue weighted by Gasteiger charge is 2.24. The Labute approximate surface area is 159 Å². The smallest absolute Gasteiger partial charge is 0.275 e. The highest BCUT2D eigenvalue weighted by atomic mass is 19.1. The van der Waals surface area contributed by atoms with Gasteiger partial charge < -0.3 is 10.2 Å². The van der Waals surface area contributed by atoms with E-state index in [9.17, 15) is 9.18 Å². The molecule has 1 amide bonds. The molecule has 1 atom stereocenters. The lowest BCUT2D eigenvalue weighted by Crippen LogP contribution is -3.10. The maximum absolute atomic E-state index is 13.7. The SMILES string of the molecule is C[NH+](CC(=O)NCc1ccccc1F)C(c1ccccc1)c1ccccc1. The maximum atomic E-state index is 13.7. The van der Waals surface area contributed by atoms with Crippen LogP contribution in [0, 0.1) is 5.82 Å². The van der Waals surface area contributed by atoms with Crippen molar-refractivity contribution in [1.29, 1.82) is 0 Å². The third-order valence-electron chi connectivity index (χ3n) is 4.63. The normalized spacial score (nSPS) is 12.0. The fourth-order valence-electron chi connectivity index (χ4n) is 3.31. The van der Waals surface area contributed by atoms with E-state index in [1.165, 1.54) is 6.07 Å². The van der Waals surface area contributed by atoms with Crippen LogP contribution in [0.5, 0.6) is 0 Å². The molecule has 0 saturated heterocycles. The first kappa shape index (κ1) is 18.8. The Bertz CT molecular complexity index is 828. The molecule has 3 nitrogen and oxygen atoms in total. The van der Waals surface area contributed by atoms with Gasteiger partial charge in [-0.15, -0.1) is 0 Å². The van der Waals surface area contributed by atoms with E-state index in [-0.39, 0.29) is 24.3 Å². The topological polar surface area (TPSA) is 33.5 Å². The standard InChI is InChI=1S/C23H23FN2O/c1-26(17-22(27)25-16-20-14-8-9-15-21(20)24)23(18-10-4-2-5-11-18)19-12-6-3-7-13-19/h2-15,23H,16-17H2,1H3,(H,25,27)/p+1. The summed E-state index contributed by atoms with van der Waals surface area (Å²) in [7, 11) is 2.01. The molecule has 0 saturated carbocycles. The molecule has 0 bridgehead atoms. The van der Waals surface area contributed by atoms with Gasteiger partial charge in [-0.2, -0.15) is 0 Å². The van der Waals surface area contributed by atoms with Gasteiger partial charge >= 0.3 is 0 Å². The minimum Gasteiger partial charge on any atom is -0.347 e. The van der Waals surface area contributed by atoms with Crippen molar-refractivity contribution < 1.29 is 14.1 Å². The van der Waals surface area contributed by atoms with E-state index in [2.05, 4.69) is 29.6 Å². The number of amides is 1. The van der Waals surface area contributed by atoms with Gasteiger partial charge in [0.25, 0.3) is 5.91 Å². The van der Waals surface area contributed by atoms with E-state index in [4.69, 9.17) is 0 Å². The van der Waals surface area contributed by atoms with Gasteiger partial charge in [0, 0.05) is 23.2 Å². The van der Waals surface area contributed by atoms with Crippen molar-refractivity contribution in [2.75, 3.05) is 13.6 Å². The summed E-state index contributed by atoms with van der Waals surface area (Å²) in [5.74, 6) is -0.405. The lowest BCUT2D eigenvalue weighted by atomic mass is 9.97. The molecule has 27 heavy (non-hydrogen) atoms. The van der Waals surface area contributed by atoms with Gasteiger partial charge in [0.1, 0.15) is 11.9 Å². The number of hydrogen-bond donors (Lipinski definition) is 2. The Morgan fingerprint density at radius 2 is 1.41 bits per heavy atom. The Morgan fingerprint density at radius 1 is 0.889 bits per heavy atom. The summed E-state index contributed by atoms with van der Waals surface area (Å²) in [5.41, 5.74) is 2.80. The first-order chi connectivity index (χ1) is 13.1. The number of rotatable bonds is 7. The molecule has 4 heteroatoms. The van der Waals surface area contributed by atoms with Crippen LogP contribution < -0.4 is 10.2 Å². The summed E-state index contributed by atoms with van der Waals surface area (Å²) in [6.07, 6.45) is 0. The highest BCUT2D eigenvalue weighted by molar-refractivity contribution is 5.76. The van der Waals surface area contributed by atoms with E-state index in [0.29, 0.717) is 12.1 Å². The van der Waals surface area contributed by atoms with E-state index in [1.807, 2.05) is 43.4 Å². The molecule has 0 fully saturated rings. The van der Waals surface area contributed by atoms with Gasteiger partial charge in [-0.3, -0.25) is 4.79 Å². The number of halogens is 1. The van der Waals surface area contributed by atoms with Crippen LogP contribution in [0.15, 0.2) is 84.9 Å². The molecule has 0 heterocycles. The summed E-state index contributed by atoms with van der Waals surface area (Å²) in [5, 5.41) is 2.83. The monoisotopic (exact) mass is 363 g/mol. The first-order valence-electron chi connectivity index (χ1n) is 9.07. The second-order valence-electron chi connectivity index (χ2n) is 6.65. The van der Waals surface area contributed by atoms with Crippen LogP contribution in [0.4, 0.5) is 4.39 Å². The zero-order valence-electron chi connectivity index (χ0n) is 15.4. The van der Waals surface area contributed by atoms with Crippen LogP contribution in [-0.2, 0) is 11.3 Å². The molecular formula is C23H24FN2O+. The van der Waals surface area contributed by atoms with Crippen molar-refractivity contribution in [1.82, 2.24) is 5.32 Å². The number of hydrogen-bond acceptors (Lipinski definition) is 1. The highest BCUT2D eigenvalue weighted by Crippen LogP contribution is 2.18. The number of benzene rings is 3. The first-order valence-corrected chi connectivity index (χ1v) is 9.07. The third kappa shape index (κ3) is 5.02. The predicted molar refractivity (Wildman–Crippen MR) is 105 cm³/mol. The second kappa shape index (κ2) is 9.10. The molecule has 0 aliphatic rings. The molecule has 0 radical (unpaired) electrons. The summed E-state index contributed by atoms with van der Waals surface area (Å²) in [6, 6.07) is 26.9. The largest absolute Gasteiger partial charge is 0.347 e. The molecule has 0 aliphatic heterocycles. The minimum atomic E-state index is -0.301. The van der Waals surface area contributed by atoms with Crippen LogP contribution >= 0.6 is 0 Å². The van der Waals surface area contributed by atoms with E-state index < -0.39 is 0 Å². The van der Waals surface area contributed by atoms with E-state index in [1.54, 1.807) is 18.2 Å². The fraction of sp³-hybridized carbons (Fsp3) is 0.174. The molecule has 3 aromatic carbocycles. The van der Waals surface area contributed by atoms with E-state index >= 15 is 0 Å². The maximum Gasteiger partial charge on any atom is 0.275 e.